The molecule has 0 bridgehead atoms. The van der Waals surface area contributed by atoms with Gasteiger partial charge in [-0.1, -0.05) is 40.5 Å². The standard InChI is InChI=1S/C19H37N3O2.HI/c1-6-10-19(23,11-7-2)13-21-17(20-8-3)22-15-14-9-12-24-16(14)18(15,4)5;/h14-16,23H,6-13H2,1-5H3,(H2,20,21,22);1H. The fraction of sp³-hybridized carbons (Fsp3) is 0.947. The van der Waals surface area contributed by atoms with Crippen molar-refractivity contribution in [2.75, 3.05) is 19.7 Å². The van der Waals surface area contributed by atoms with Crippen LogP contribution in [0.3, 0.4) is 0 Å². The normalized spacial score (nSPS) is 27.9. The molecule has 0 aromatic heterocycles. The van der Waals surface area contributed by atoms with E-state index in [1.807, 2.05) is 0 Å². The summed E-state index contributed by atoms with van der Waals surface area (Å²) in [5, 5.41) is 17.8. The zero-order chi connectivity index (χ0) is 17.8. The summed E-state index contributed by atoms with van der Waals surface area (Å²) in [7, 11) is 0. The second-order valence-electron chi connectivity index (χ2n) is 8.11. The van der Waals surface area contributed by atoms with E-state index in [4.69, 9.17) is 9.73 Å². The minimum Gasteiger partial charge on any atom is -0.388 e. The van der Waals surface area contributed by atoms with Gasteiger partial charge in [0.15, 0.2) is 5.96 Å². The molecule has 148 valence electrons. The number of guanidine groups is 1. The number of halogens is 1. The SMILES string of the molecule is CCCC(O)(CCC)CN=C(NCC)NC1C2CCOC2C1(C)C.I. The highest BCUT2D eigenvalue weighted by Gasteiger charge is 2.59. The molecule has 1 aliphatic heterocycles. The van der Waals surface area contributed by atoms with Crippen LogP contribution in [0.25, 0.3) is 0 Å². The van der Waals surface area contributed by atoms with Gasteiger partial charge in [-0.3, -0.25) is 4.99 Å². The summed E-state index contributed by atoms with van der Waals surface area (Å²) in [5.74, 6) is 1.40. The smallest absolute Gasteiger partial charge is 0.191 e. The maximum Gasteiger partial charge on any atom is 0.191 e. The van der Waals surface area contributed by atoms with E-state index in [2.05, 4.69) is 45.3 Å². The summed E-state index contributed by atoms with van der Waals surface area (Å²) in [6, 6.07) is 0.383. The average Bonchev–Trinajstić information content (AvgIpc) is 2.97. The molecule has 3 unspecified atom stereocenters. The van der Waals surface area contributed by atoms with E-state index in [0.29, 0.717) is 24.6 Å². The van der Waals surface area contributed by atoms with Gasteiger partial charge in [-0.15, -0.1) is 24.0 Å². The summed E-state index contributed by atoms with van der Waals surface area (Å²) < 4.78 is 5.88. The average molecular weight is 467 g/mol. The maximum absolute atomic E-state index is 10.8. The highest BCUT2D eigenvalue weighted by atomic mass is 127. The summed E-state index contributed by atoms with van der Waals surface area (Å²) in [5.41, 5.74) is -0.555. The molecule has 5 nitrogen and oxygen atoms in total. The number of aliphatic imine (C=N–C) groups is 1. The molecular weight excluding hydrogens is 429 g/mol. The molecule has 1 saturated heterocycles. The molecule has 2 aliphatic rings. The summed E-state index contributed by atoms with van der Waals surface area (Å²) in [6.45, 7) is 13.0. The van der Waals surface area contributed by atoms with Crippen molar-refractivity contribution in [3.63, 3.8) is 0 Å². The molecule has 6 heteroatoms. The van der Waals surface area contributed by atoms with Crippen molar-refractivity contribution in [3.05, 3.63) is 0 Å². The Morgan fingerprint density at radius 3 is 2.44 bits per heavy atom. The van der Waals surface area contributed by atoms with Crippen LogP contribution in [0.2, 0.25) is 0 Å². The van der Waals surface area contributed by atoms with E-state index in [1.54, 1.807) is 0 Å². The largest absolute Gasteiger partial charge is 0.388 e. The van der Waals surface area contributed by atoms with E-state index >= 15 is 0 Å². The Labute approximate surface area is 170 Å². The first kappa shape index (κ1) is 23.0. The van der Waals surface area contributed by atoms with E-state index in [0.717, 1.165) is 51.2 Å². The van der Waals surface area contributed by atoms with Crippen LogP contribution in [-0.2, 0) is 4.74 Å². The van der Waals surface area contributed by atoms with Crippen LogP contribution in [0, 0.1) is 11.3 Å². The van der Waals surface area contributed by atoms with Gasteiger partial charge in [0.25, 0.3) is 0 Å². The van der Waals surface area contributed by atoms with Gasteiger partial charge >= 0.3 is 0 Å². The second-order valence-corrected chi connectivity index (χ2v) is 8.11. The highest BCUT2D eigenvalue weighted by molar-refractivity contribution is 14.0. The Hall–Kier alpha value is -0.0800. The number of hydrogen-bond donors (Lipinski definition) is 3. The Kier molecular flexibility index (Phi) is 8.94. The minimum atomic E-state index is -0.681. The van der Waals surface area contributed by atoms with Gasteiger partial charge in [0.1, 0.15) is 0 Å². The quantitative estimate of drug-likeness (QED) is 0.291. The molecule has 3 N–H and O–H groups in total. The number of hydrogen-bond acceptors (Lipinski definition) is 3. The van der Waals surface area contributed by atoms with E-state index in [1.165, 1.54) is 0 Å². The number of ether oxygens (including phenoxy) is 1. The lowest BCUT2D eigenvalue weighted by Gasteiger charge is -2.55. The Balaban J connectivity index is 0.00000312. The van der Waals surface area contributed by atoms with E-state index in [9.17, 15) is 5.11 Å². The predicted molar refractivity (Wildman–Crippen MR) is 115 cm³/mol. The van der Waals surface area contributed by atoms with Crippen LogP contribution in [0.1, 0.15) is 66.7 Å². The maximum atomic E-state index is 10.8. The van der Waals surface area contributed by atoms with Gasteiger partial charge in [0.05, 0.1) is 18.2 Å². The third-order valence-corrected chi connectivity index (χ3v) is 5.70. The zero-order valence-corrected chi connectivity index (χ0v) is 18.9. The van der Waals surface area contributed by atoms with Crippen molar-refractivity contribution in [1.82, 2.24) is 10.6 Å². The zero-order valence-electron chi connectivity index (χ0n) is 16.6. The molecule has 0 aromatic carbocycles. The number of nitrogens with zero attached hydrogens (tertiary/aromatic N) is 1. The molecule has 1 saturated carbocycles. The summed E-state index contributed by atoms with van der Waals surface area (Å²) in [4.78, 5) is 4.73. The van der Waals surface area contributed by atoms with Gasteiger partial charge in [-0.05, 0) is 26.2 Å². The minimum absolute atomic E-state index is 0. The van der Waals surface area contributed by atoms with Crippen LogP contribution < -0.4 is 10.6 Å². The topological polar surface area (TPSA) is 65.9 Å². The van der Waals surface area contributed by atoms with Gasteiger partial charge < -0.3 is 20.5 Å². The van der Waals surface area contributed by atoms with Crippen LogP contribution >= 0.6 is 24.0 Å². The van der Waals surface area contributed by atoms with Crippen LogP contribution in [0.5, 0.6) is 0 Å². The molecule has 0 radical (unpaired) electrons. The summed E-state index contributed by atoms with van der Waals surface area (Å²) >= 11 is 0. The van der Waals surface area contributed by atoms with E-state index in [-0.39, 0.29) is 29.4 Å². The monoisotopic (exact) mass is 467 g/mol. The fourth-order valence-electron chi connectivity index (χ4n) is 4.52. The van der Waals surface area contributed by atoms with Crippen LogP contribution in [-0.4, -0.2) is 48.5 Å². The first-order valence-electron chi connectivity index (χ1n) is 9.76. The third kappa shape index (κ3) is 5.22. The lowest BCUT2D eigenvalue weighted by molar-refractivity contribution is -0.106. The molecule has 2 rings (SSSR count). The van der Waals surface area contributed by atoms with Crippen molar-refractivity contribution >= 4 is 29.9 Å². The van der Waals surface area contributed by atoms with Gasteiger partial charge in [0.2, 0.25) is 0 Å². The van der Waals surface area contributed by atoms with Crippen molar-refractivity contribution < 1.29 is 9.84 Å². The van der Waals surface area contributed by atoms with Crippen LogP contribution in [0.15, 0.2) is 4.99 Å². The van der Waals surface area contributed by atoms with Gasteiger partial charge in [-0.25, -0.2) is 0 Å². The van der Waals surface area contributed by atoms with Crippen molar-refractivity contribution in [3.8, 4) is 0 Å². The first-order chi connectivity index (χ1) is 11.4. The molecule has 0 aromatic rings. The van der Waals surface area contributed by atoms with Crippen molar-refractivity contribution in [1.29, 1.82) is 0 Å². The van der Waals surface area contributed by atoms with Gasteiger partial charge in [-0.2, -0.15) is 0 Å². The number of fused-ring (bicyclic) bond motifs is 1. The van der Waals surface area contributed by atoms with E-state index < -0.39 is 5.60 Å². The third-order valence-electron chi connectivity index (χ3n) is 5.70. The Morgan fingerprint density at radius 1 is 1.24 bits per heavy atom. The van der Waals surface area contributed by atoms with Gasteiger partial charge in [0, 0.05) is 30.5 Å². The lowest BCUT2D eigenvalue weighted by atomic mass is 9.57. The number of rotatable bonds is 8. The highest BCUT2D eigenvalue weighted by Crippen LogP contribution is 2.52. The molecule has 1 heterocycles. The molecule has 2 fully saturated rings. The fourth-order valence-corrected chi connectivity index (χ4v) is 4.52. The Morgan fingerprint density at radius 2 is 1.88 bits per heavy atom. The molecule has 0 amide bonds. The number of nitrogens with one attached hydrogen (secondary N) is 2. The predicted octanol–water partition coefficient (Wildman–Crippen LogP) is 3.30. The Bertz CT molecular complexity index is 436. The van der Waals surface area contributed by atoms with Crippen LogP contribution in [0.4, 0.5) is 0 Å². The molecule has 0 spiro atoms. The first-order valence-corrected chi connectivity index (χ1v) is 9.76. The molecule has 1 aliphatic carbocycles. The molecule has 3 atom stereocenters. The molecular formula is C19H38IN3O2. The molecule has 25 heavy (non-hydrogen) atoms. The van der Waals surface area contributed by atoms with Crippen molar-refractivity contribution in [2.24, 2.45) is 16.3 Å². The lowest BCUT2D eigenvalue weighted by Crippen LogP contribution is -2.68. The second kappa shape index (κ2) is 9.74. The number of aliphatic hydroxyl groups is 1. The summed E-state index contributed by atoms with van der Waals surface area (Å²) in [6.07, 6.45) is 5.06. The van der Waals surface area contributed by atoms with Crippen molar-refractivity contribution in [2.45, 2.75) is 84.5 Å².